The van der Waals surface area contributed by atoms with E-state index in [1.807, 2.05) is 24.3 Å². The van der Waals surface area contributed by atoms with E-state index >= 15 is 0 Å². The monoisotopic (exact) mass is 266 g/mol. The number of hydrogen-bond donors (Lipinski definition) is 3. The predicted octanol–water partition coefficient (Wildman–Crippen LogP) is 0.256. The zero-order chi connectivity index (χ0) is 13.5. The van der Waals surface area contributed by atoms with Crippen LogP contribution in [0.2, 0.25) is 0 Å². The van der Waals surface area contributed by atoms with Crippen molar-refractivity contribution in [3.05, 3.63) is 29.8 Å². The number of urea groups is 1. The first kappa shape index (κ1) is 13.6. The van der Waals surface area contributed by atoms with Crippen molar-refractivity contribution >= 4 is 6.03 Å². The van der Waals surface area contributed by atoms with Gasteiger partial charge in [0.05, 0.1) is 13.2 Å². The van der Waals surface area contributed by atoms with Gasteiger partial charge in [-0.3, -0.25) is 0 Å². The second kappa shape index (κ2) is 6.96. The fraction of sp³-hybridized carbons (Fsp3) is 0.462. The Hall–Kier alpha value is -1.79. The summed E-state index contributed by atoms with van der Waals surface area (Å²) in [6.07, 6.45) is 0.203. The third-order valence-electron chi connectivity index (χ3n) is 2.64. The number of ether oxygens (including phenoxy) is 2. The van der Waals surface area contributed by atoms with E-state index in [0.717, 1.165) is 17.9 Å². The molecule has 6 nitrogen and oxygen atoms in total. The van der Waals surface area contributed by atoms with Gasteiger partial charge in [-0.1, -0.05) is 18.2 Å². The number of benzene rings is 1. The topological polar surface area (TPSA) is 83.1 Å². The largest absolute Gasteiger partial charge is 0.490 e. The summed E-state index contributed by atoms with van der Waals surface area (Å²) < 4.78 is 10.7. The Kier molecular flexibility index (Phi) is 5.00. The lowest BCUT2D eigenvalue weighted by atomic mass is 10.2. The Labute approximate surface area is 111 Å². The molecule has 0 saturated carbocycles. The van der Waals surface area contributed by atoms with Crippen molar-refractivity contribution in [2.45, 2.75) is 12.6 Å². The van der Waals surface area contributed by atoms with Crippen LogP contribution in [0.1, 0.15) is 5.56 Å². The number of carbonyl (C=O) groups excluding carboxylic acids is 1. The minimum absolute atomic E-state index is 0.0749. The Balaban J connectivity index is 1.82. The number of carbonyl (C=O) groups is 1. The summed E-state index contributed by atoms with van der Waals surface area (Å²) in [6, 6.07) is 7.23. The van der Waals surface area contributed by atoms with Gasteiger partial charge in [0, 0.05) is 18.7 Å². The molecule has 1 aromatic rings. The predicted molar refractivity (Wildman–Crippen MR) is 69.0 cm³/mol. The standard InChI is InChI=1S/C13H18N2O4/c16-6-5-14-13(17)15-7-10-3-1-2-4-12(10)19-9-11-8-18-11/h1-4,11,16H,5-9H2,(H2,14,15,17). The molecule has 0 bridgehead atoms. The van der Waals surface area contributed by atoms with Crippen molar-refractivity contribution in [1.29, 1.82) is 0 Å². The molecule has 2 rings (SSSR count). The zero-order valence-electron chi connectivity index (χ0n) is 10.6. The van der Waals surface area contributed by atoms with E-state index < -0.39 is 0 Å². The van der Waals surface area contributed by atoms with Crippen molar-refractivity contribution in [2.75, 3.05) is 26.4 Å². The molecule has 6 heteroatoms. The Morgan fingerprint density at radius 3 is 2.95 bits per heavy atom. The smallest absolute Gasteiger partial charge is 0.315 e. The maximum atomic E-state index is 11.4. The fourth-order valence-corrected chi connectivity index (χ4v) is 1.55. The number of nitrogens with one attached hydrogen (secondary N) is 2. The van der Waals surface area contributed by atoms with Gasteiger partial charge in [-0.25, -0.2) is 4.79 Å². The highest BCUT2D eigenvalue weighted by Gasteiger charge is 2.23. The van der Waals surface area contributed by atoms with Crippen molar-refractivity contribution in [3.63, 3.8) is 0 Å². The van der Waals surface area contributed by atoms with Gasteiger partial charge in [-0.15, -0.1) is 0 Å². The molecule has 19 heavy (non-hydrogen) atoms. The molecule has 1 unspecified atom stereocenters. The number of epoxide rings is 1. The molecule has 104 valence electrons. The molecule has 0 aliphatic carbocycles. The van der Waals surface area contributed by atoms with Gasteiger partial charge in [-0.2, -0.15) is 0 Å². The van der Waals surface area contributed by atoms with Crippen molar-refractivity contribution in [2.24, 2.45) is 0 Å². The van der Waals surface area contributed by atoms with Crippen LogP contribution >= 0.6 is 0 Å². The SMILES string of the molecule is O=C(NCCO)NCc1ccccc1OCC1CO1. The van der Waals surface area contributed by atoms with Crippen LogP contribution in [-0.2, 0) is 11.3 Å². The number of aliphatic hydroxyl groups is 1. The first-order chi connectivity index (χ1) is 9.29. The minimum Gasteiger partial charge on any atom is -0.490 e. The van der Waals surface area contributed by atoms with Crippen LogP contribution in [0.4, 0.5) is 4.79 Å². The number of amides is 2. The lowest BCUT2D eigenvalue weighted by Crippen LogP contribution is -2.36. The summed E-state index contributed by atoms with van der Waals surface area (Å²) in [5.41, 5.74) is 0.905. The van der Waals surface area contributed by atoms with Gasteiger partial charge >= 0.3 is 6.03 Å². The number of aliphatic hydroxyl groups excluding tert-OH is 1. The van der Waals surface area contributed by atoms with Crippen molar-refractivity contribution in [3.8, 4) is 5.75 Å². The summed E-state index contributed by atoms with van der Waals surface area (Å²) >= 11 is 0. The minimum atomic E-state index is -0.311. The van der Waals surface area contributed by atoms with E-state index in [-0.39, 0.29) is 25.3 Å². The van der Waals surface area contributed by atoms with Crippen molar-refractivity contribution < 1.29 is 19.4 Å². The van der Waals surface area contributed by atoms with Gasteiger partial charge in [0.15, 0.2) is 0 Å². The third-order valence-corrected chi connectivity index (χ3v) is 2.64. The second-order valence-corrected chi connectivity index (χ2v) is 4.21. The van der Waals surface area contributed by atoms with E-state index in [1.54, 1.807) is 0 Å². The molecule has 1 aliphatic rings. The van der Waals surface area contributed by atoms with Crippen LogP contribution in [0.25, 0.3) is 0 Å². The van der Waals surface area contributed by atoms with Crippen LogP contribution in [0, 0.1) is 0 Å². The van der Waals surface area contributed by atoms with Gasteiger partial charge < -0.3 is 25.2 Å². The molecule has 1 fully saturated rings. The fourth-order valence-electron chi connectivity index (χ4n) is 1.55. The van der Waals surface area contributed by atoms with E-state index in [4.69, 9.17) is 14.6 Å². The van der Waals surface area contributed by atoms with E-state index in [0.29, 0.717) is 13.2 Å². The molecule has 1 aliphatic heterocycles. The highest BCUT2D eigenvalue weighted by Crippen LogP contribution is 2.19. The molecular formula is C13H18N2O4. The molecular weight excluding hydrogens is 248 g/mol. The molecule has 1 saturated heterocycles. The van der Waals surface area contributed by atoms with Gasteiger partial charge in [-0.05, 0) is 6.07 Å². The maximum Gasteiger partial charge on any atom is 0.315 e. The summed E-state index contributed by atoms with van der Waals surface area (Å²) in [6.45, 7) is 1.83. The average Bonchev–Trinajstić information content (AvgIpc) is 3.25. The average molecular weight is 266 g/mol. The molecule has 0 aromatic heterocycles. The van der Waals surface area contributed by atoms with Crippen LogP contribution in [0.5, 0.6) is 5.75 Å². The third kappa shape index (κ3) is 4.76. The number of rotatable bonds is 7. The highest BCUT2D eigenvalue weighted by atomic mass is 16.6. The van der Waals surface area contributed by atoms with E-state index in [9.17, 15) is 4.79 Å². The van der Waals surface area contributed by atoms with Crippen LogP contribution in [-0.4, -0.2) is 43.6 Å². The van der Waals surface area contributed by atoms with Gasteiger partial charge in [0.1, 0.15) is 18.5 Å². The van der Waals surface area contributed by atoms with E-state index in [2.05, 4.69) is 10.6 Å². The zero-order valence-corrected chi connectivity index (χ0v) is 10.6. The molecule has 1 heterocycles. The Morgan fingerprint density at radius 2 is 2.21 bits per heavy atom. The molecule has 0 radical (unpaired) electrons. The molecule has 2 amide bonds. The second-order valence-electron chi connectivity index (χ2n) is 4.21. The molecule has 0 spiro atoms. The lowest BCUT2D eigenvalue weighted by molar-refractivity contribution is 0.233. The summed E-state index contributed by atoms with van der Waals surface area (Å²) in [4.78, 5) is 11.4. The van der Waals surface area contributed by atoms with Crippen LogP contribution < -0.4 is 15.4 Å². The molecule has 3 N–H and O–H groups in total. The maximum absolute atomic E-state index is 11.4. The number of para-hydroxylation sites is 1. The summed E-state index contributed by atoms with van der Waals surface area (Å²) in [5.74, 6) is 0.750. The van der Waals surface area contributed by atoms with Gasteiger partial charge in [0.25, 0.3) is 0 Å². The van der Waals surface area contributed by atoms with E-state index in [1.165, 1.54) is 0 Å². The Bertz CT molecular complexity index is 421. The first-order valence-electron chi connectivity index (χ1n) is 6.24. The molecule has 1 atom stereocenters. The normalized spacial score (nSPS) is 16.8. The number of hydrogen-bond acceptors (Lipinski definition) is 4. The van der Waals surface area contributed by atoms with Crippen LogP contribution in [0.3, 0.4) is 0 Å². The highest BCUT2D eigenvalue weighted by molar-refractivity contribution is 5.73. The first-order valence-corrected chi connectivity index (χ1v) is 6.24. The molecule has 1 aromatic carbocycles. The quantitative estimate of drug-likeness (QED) is 0.618. The lowest BCUT2D eigenvalue weighted by Gasteiger charge is -2.11. The van der Waals surface area contributed by atoms with Gasteiger partial charge in [0.2, 0.25) is 0 Å². The Morgan fingerprint density at radius 1 is 1.42 bits per heavy atom. The van der Waals surface area contributed by atoms with Crippen LogP contribution in [0.15, 0.2) is 24.3 Å². The summed E-state index contributed by atoms with van der Waals surface area (Å²) in [5, 5.41) is 13.8. The summed E-state index contributed by atoms with van der Waals surface area (Å²) in [7, 11) is 0. The van der Waals surface area contributed by atoms with Crippen molar-refractivity contribution in [1.82, 2.24) is 10.6 Å².